The lowest BCUT2D eigenvalue weighted by molar-refractivity contribution is -0.104. The van der Waals surface area contributed by atoms with Crippen molar-refractivity contribution in [2.75, 3.05) is 0 Å². The minimum absolute atomic E-state index is 0.187. The number of hydrogen-bond acceptors (Lipinski definition) is 2. The minimum atomic E-state index is -0.278. The van der Waals surface area contributed by atoms with Crippen LogP contribution in [0.5, 0.6) is 0 Å². The molecule has 134 valence electrons. The first-order valence-electron chi connectivity index (χ1n) is 8.92. The van der Waals surface area contributed by atoms with Crippen LogP contribution in [0, 0.1) is 5.82 Å². The zero-order chi connectivity index (χ0) is 19.0. The summed E-state index contributed by atoms with van der Waals surface area (Å²) in [4.78, 5) is 11.0. The first-order chi connectivity index (χ1) is 13.1. The van der Waals surface area contributed by atoms with Crippen molar-refractivity contribution in [1.82, 2.24) is 9.61 Å². The van der Waals surface area contributed by atoms with E-state index in [0.717, 1.165) is 45.0 Å². The van der Waals surface area contributed by atoms with E-state index in [4.69, 9.17) is 0 Å². The summed E-state index contributed by atoms with van der Waals surface area (Å²) < 4.78 is 15.5. The van der Waals surface area contributed by atoms with Gasteiger partial charge in [-0.05, 0) is 35.8 Å². The Labute approximate surface area is 156 Å². The highest BCUT2D eigenvalue weighted by atomic mass is 19.1. The molecule has 0 fully saturated rings. The number of halogens is 1. The van der Waals surface area contributed by atoms with E-state index in [1.54, 1.807) is 12.1 Å². The molecule has 2 aromatic heterocycles. The van der Waals surface area contributed by atoms with Crippen molar-refractivity contribution in [3.63, 3.8) is 0 Å². The molecule has 0 saturated carbocycles. The van der Waals surface area contributed by atoms with Crippen LogP contribution < -0.4 is 0 Å². The van der Waals surface area contributed by atoms with Gasteiger partial charge in [0.15, 0.2) is 0 Å². The topological polar surface area (TPSA) is 34.4 Å². The standard InChI is InChI=1S/C23H19FN2O/c1-15(2)22-20(8-5-13-27)21(16-9-11-18(24)12-10-16)23-19-7-4-3-6-17(19)14-25-26(22)23/h3-15H,1-2H3/b8-5+. The number of nitrogens with zero attached hydrogens (tertiary/aromatic N) is 2. The van der Waals surface area contributed by atoms with E-state index in [2.05, 4.69) is 25.0 Å². The molecule has 0 aliphatic carbocycles. The molecule has 0 aliphatic rings. The average molecular weight is 358 g/mol. The maximum Gasteiger partial charge on any atom is 0.142 e. The summed E-state index contributed by atoms with van der Waals surface area (Å²) in [6.07, 6.45) is 5.95. The van der Waals surface area contributed by atoms with Crippen molar-refractivity contribution in [2.45, 2.75) is 19.8 Å². The van der Waals surface area contributed by atoms with Gasteiger partial charge in [0.05, 0.1) is 17.4 Å². The van der Waals surface area contributed by atoms with Gasteiger partial charge in [-0.3, -0.25) is 4.79 Å². The minimum Gasteiger partial charge on any atom is -0.299 e. The highest BCUT2D eigenvalue weighted by Crippen LogP contribution is 2.39. The Morgan fingerprint density at radius 3 is 2.52 bits per heavy atom. The van der Waals surface area contributed by atoms with Crippen molar-refractivity contribution < 1.29 is 9.18 Å². The van der Waals surface area contributed by atoms with Gasteiger partial charge in [0, 0.05) is 21.9 Å². The van der Waals surface area contributed by atoms with Crippen LogP contribution in [-0.4, -0.2) is 15.9 Å². The normalized spacial score (nSPS) is 11.9. The Kier molecular flexibility index (Phi) is 4.32. The summed E-state index contributed by atoms with van der Waals surface area (Å²) >= 11 is 0. The van der Waals surface area contributed by atoms with Crippen molar-refractivity contribution in [3.05, 3.63) is 77.9 Å². The lowest BCUT2D eigenvalue weighted by atomic mass is 9.96. The third-order valence-electron chi connectivity index (χ3n) is 4.77. The third-order valence-corrected chi connectivity index (χ3v) is 4.77. The van der Waals surface area contributed by atoms with E-state index >= 15 is 0 Å². The summed E-state index contributed by atoms with van der Waals surface area (Å²) in [6, 6.07) is 14.5. The molecule has 4 heteroatoms. The van der Waals surface area contributed by atoms with Crippen molar-refractivity contribution in [2.24, 2.45) is 0 Å². The summed E-state index contributed by atoms with van der Waals surface area (Å²) in [5, 5.41) is 6.79. The van der Waals surface area contributed by atoms with Gasteiger partial charge in [0.2, 0.25) is 0 Å². The van der Waals surface area contributed by atoms with Gasteiger partial charge in [-0.15, -0.1) is 0 Å². The number of carbonyl (C=O) groups is 1. The number of aromatic nitrogens is 2. The Hall–Kier alpha value is -3.27. The smallest absolute Gasteiger partial charge is 0.142 e. The van der Waals surface area contributed by atoms with Crippen LogP contribution >= 0.6 is 0 Å². The number of allylic oxidation sites excluding steroid dienone is 1. The maximum atomic E-state index is 13.5. The van der Waals surface area contributed by atoms with Crippen LogP contribution in [0.1, 0.15) is 31.0 Å². The Morgan fingerprint density at radius 2 is 1.81 bits per heavy atom. The average Bonchev–Trinajstić information content (AvgIpc) is 3.01. The summed E-state index contributed by atoms with van der Waals surface area (Å²) in [6.45, 7) is 4.21. The van der Waals surface area contributed by atoms with Crippen LogP contribution in [0.2, 0.25) is 0 Å². The zero-order valence-corrected chi connectivity index (χ0v) is 15.2. The second-order valence-corrected chi connectivity index (χ2v) is 6.82. The number of rotatable bonds is 4. The van der Waals surface area contributed by atoms with Gasteiger partial charge in [0.1, 0.15) is 12.1 Å². The summed E-state index contributed by atoms with van der Waals surface area (Å²) in [7, 11) is 0. The van der Waals surface area contributed by atoms with Crippen LogP contribution in [0.3, 0.4) is 0 Å². The van der Waals surface area contributed by atoms with E-state index in [-0.39, 0.29) is 11.7 Å². The molecule has 0 radical (unpaired) electrons. The molecule has 0 N–H and O–H groups in total. The molecule has 3 nitrogen and oxygen atoms in total. The molecule has 2 aromatic carbocycles. The molecule has 0 bridgehead atoms. The fourth-order valence-corrected chi connectivity index (χ4v) is 3.68. The van der Waals surface area contributed by atoms with Crippen LogP contribution in [0.25, 0.3) is 33.5 Å². The molecule has 0 aliphatic heterocycles. The first kappa shape index (κ1) is 17.2. The number of carbonyl (C=O) groups excluding carboxylic acids is 1. The highest BCUT2D eigenvalue weighted by Gasteiger charge is 2.22. The molecule has 27 heavy (non-hydrogen) atoms. The highest BCUT2D eigenvalue weighted by molar-refractivity contribution is 6.06. The molecule has 0 unspecified atom stereocenters. The Bertz CT molecular complexity index is 1170. The van der Waals surface area contributed by atoms with Crippen molar-refractivity contribution >= 4 is 28.7 Å². The van der Waals surface area contributed by atoms with Gasteiger partial charge < -0.3 is 0 Å². The van der Waals surface area contributed by atoms with Gasteiger partial charge in [0.25, 0.3) is 0 Å². The molecular weight excluding hydrogens is 339 g/mol. The van der Waals surface area contributed by atoms with E-state index in [1.165, 1.54) is 18.2 Å². The second kappa shape index (κ2) is 6.80. The monoisotopic (exact) mass is 358 g/mol. The van der Waals surface area contributed by atoms with Crippen LogP contribution in [0.15, 0.2) is 60.8 Å². The predicted octanol–water partition coefficient (Wildman–Crippen LogP) is 5.63. The predicted molar refractivity (Wildman–Crippen MR) is 107 cm³/mol. The fourth-order valence-electron chi connectivity index (χ4n) is 3.68. The molecular formula is C23H19FN2O. The van der Waals surface area contributed by atoms with E-state index < -0.39 is 0 Å². The number of aldehydes is 1. The summed E-state index contributed by atoms with van der Waals surface area (Å²) in [5.74, 6) is -0.0917. The van der Waals surface area contributed by atoms with E-state index in [1.807, 2.05) is 35.0 Å². The summed E-state index contributed by atoms with van der Waals surface area (Å²) in [5.41, 5.74) is 4.78. The first-order valence-corrected chi connectivity index (χ1v) is 8.92. The maximum absolute atomic E-state index is 13.5. The molecule has 4 rings (SSSR count). The van der Waals surface area contributed by atoms with Gasteiger partial charge in [-0.2, -0.15) is 5.10 Å². The molecule has 2 heterocycles. The fraction of sp³-hybridized carbons (Fsp3) is 0.130. The van der Waals surface area contributed by atoms with E-state index in [0.29, 0.717) is 0 Å². The lowest BCUT2D eigenvalue weighted by Gasteiger charge is -2.08. The van der Waals surface area contributed by atoms with Crippen LogP contribution in [0.4, 0.5) is 4.39 Å². The van der Waals surface area contributed by atoms with Gasteiger partial charge >= 0.3 is 0 Å². The van der Waals surface area contributed by atoms with E-state index in [9.17, 15) is 9.18 Å². The zero-order valence-electron chi connectivity index (χ0n) is 15.2. The number of fused-ring (bicyclic) bond motifs is 3. The molecule has 0 amide bonds. The lowest BCUT2D eigenvalue weighted by Crippen LogP contribution is -2.00. The number of hydrogen-bond donors (Lipinski definition) is 0. The quantitative estimate of drug-likeness (QED) is 0.350. The Morgan fingerprint density at radius 1 is 1.07 bits per heavy atom. The SMILES string of the molecule is CC(C)c1c(/C=C/C=O)c(-c2ccc(F)cc2)c2c3ccccc3cnn12. The third kappa shape index (κ3) is 2.83. The van der Waals surface area contributed by atoms with Crippen molar-refractivity contribution in [3.8, 4) is 11.1 Å². The van der Waals surface area contributed by atoms with Gasteiger partial charge in [-0.1, -0.05) is 50.2 Å². The van der Waals surface area contributed by atoms with Crippen molar-refractivity contribution in [1.29, 1.82) is 0 Å². The molecule has 0 atom stereocenters. The number of benzene rings is 2. The molecule has 0 saturated heterocycles. The Balaban J connectivity index is 2.23. The molecule has 4 aromatic rings. The molecule has 0 spiro atoms. The largest absolute Gasteiger partial charge is 0.299 e. The van der Waals surface area contributed by atoms with Gasteiger partial charge in [-0.25, -0.2) is 8.91 Å². The van der Waals surface area contributed by atoms with Crippen LogP contribution in [-0.2, 0) is 4.79 Å². The second-order valence-electron chi connectivity index (χ2n) is 6.82.